The van der Waals surface area contributed by atoms with Crippen molar-refractivity contribution in [3.63, 3.8) is 0 Å². The van der Waals surface area contributed by atoms with Gasteiger partial charge in [-0.2, -0.15) is 0 Å². The zero-order valence-corrected chi connectivity index (χ0v) is 15.1. The minimum absolute atomic E-state index is 0.0181. The average Bonchev–Trinajstić information content (AvgIpc) is 2.82. The highest BCUT2D eigenvalue weighted by molar-refractivity contribution is 5.75. The van der Waals surface area contributed by atoms with E-state index in [4.69, 9.17) is 9.47 Å². The summed E-state index contributed by atoms with van der Waals surface area (Å²) in [7, 11) is 0. The smallest absolute Gasteiger partial charge is 0.317 e. The highest BCUT2D eigenvalue weighted by Gasteiger charge is 2.44. The summed E-state index contributed by atoms with van der Waals surface area (Å²) in [6.07, 6.45) is 5.28. The maximum absolute atomic E-state index is 14.2. The molecule has 2 fully saturated rings. The van der Waals surface area contributed by atoms with Gasteiger partial charge in [-0.3, -0.25) is 0 Å². The fraction of sp³-hybridized carbons (Fsp3) is 0.550. The Morgan fingerprint density at radius 2 is 2.07 bits per heavy atom. The molecule has 0 aliphatic carbocycles. The average molecular weight is 378 g/mol. The lowest BCUT2D eigenvalue weighted by Crippen LogP contribution is -2.58. The van der Waals surface area contributed by atoms with Crippen molar-refractivity contribution in [2.75, 3.05) is 26.3 Å². The second-order valence-electron chi connectivity index (χ2n) is 7.48. The van der Waals surface area contributed by atoms with Gasteiger partial charge in [0.25, 0.3) is 5.92 Å². The highest BCUT2D eigenvalue weighted by Crippen LogP contribution is 2.36. The lowest BCUT2D eigenvalue weighted by Gasteiger charge is -2.43. The molecule has 3 aliphatic rings. The van der Waals surface area contributed by atoms with Crippen LogP contribution in [0.5, 0.6) is 5.75 Å². The minimum atomic E-state index is -2.96. The van der Waals surface area contributed by atoms with Gasteiger partial charge in [0.2, 0.25) is 0 Å². The van der Waals surface area contributed by atoms with E-state index in [2.05, 4.69) is 5.32 Å². The van der Waals surface area contributed by atoms with Gasteiger partial charge >= 0.3 is 6.03 Å². The van der Waals surface area contributed by atoms with Gasteiger partial charge in [0.1, 0.15) is 11.4 Å². The van der Waals surface area contributed by atoms with Crippen LogP contribution >= 0.6 is 0 Å². The molecule has 3 heterocycles. The Bertz CT molecular complexity index is 740. The van der Waals surface area contributed by atoms with Crippen LogP contribution in [0.15, 0.2) is 30.3 Å². The fourth-order valence-corrected chi connectivity index (χ4v) is 3.96. The first-order valence-electron chi connectivity index (χ1n) is 9.46. The van der Waals surface area contributed by atoms with Gasteiger partial charge in [0, 0.05) is 25.1 Å². The number of piperidine rings is 1. The van der Waals surface area contributed by atoms with Crippen molar-refractivity contribution >= 4 is 12.1 Å². The Balaban J connectivity index is 1.45. The molecule has 2 saturated heterocycles. The second-order valence-corrected chi connectivity index (χ2v) is 7.48. The number of carbonyl (C=O) groups excluding carboxylic acids is 1. The molecule has 4 rings (SSSR count). The van der Waals surface area contributed by atoms with Crippen LogP contribution < -0.4 is 10.1 Å². The van der Waals surface area contributed by atoms with Gasteiger partial charge in [0.15, 0.2) is 0 Å². The zero-order chi connectivity index (χ0) is 18.9. The maximum atomic E-state index is 14.2. The summed E-state index contributed by atoms with van der Waals surface area (Å²) in [6.45, 7) is 1.12. The number of nitrogens with zero attached hydrogens (tertiary/aromatic N) is 1. The standard InChI is InChI=1S/C20H24F2N2O3/c21-20(22)10-13-26-12-7-17(20)23-18(25)24-11-3-8-19(14-24)9-6-15-4-1-2-5-16(15)27-19/h1-2,4-6,9,17H,3,7-8,10-14H2,(H,23,25). The Morgan fingerprint density at radius 3 is 2.96 bits per heavy atom. The third-order valence-electron chi connectivity index (χ3n) is 5.51. The SMILES string of the molecule is O=C(NC1CCOCCC1(F)F)N1CCCC2(C=Cc3ccccc3O2)C1. The molecule has 2 atom stereocenters. The number of fused-ring (bicyclic) bond motifs is 1. The summed E-state index contributed by atoms with van der Waals surface area (Å²) in [4.78, 5) is 14.3. The Morgan fingerprint density at radius 1 is 1.22 bits per heavy atom. The molecule has 146 valence electrons. The number of benzene rings is 1. The van der Waals surface area contributed by atoms with Gasteiger partial charge in [-0.05, 0) is 31.4 Å². The van der Waals surface area contributed by atoms with Crippen LogP contribution in [-0.2, 0) is 4.74 Å². The summed E-state index contributed by atoms with van der Waals surface area (Å²) < 4.78 is 39.8. The van der Waals surface area contributed by atoms with Crippen LogP contribution in [0, 0.1) is 0 Å². The third kappa shape index (κ3) is 3.78. The number of ether oxygens (including phenoxy) is 2. The normalized spacial score (nSPS) is 29.6. The molecule has 1 aromatic rings. The molecule has 0 saturated carbocycles. The molecule has 2 amide bonds. The molecule has 0 radical (unpaired) electrons. The Kier molecular flexibility index (Phi) is 4.80. The van der Waals surface area contributed by atoms with E-state index in [9.17, 15) is 13.6 Å². The number of halogens is 2. The van der Waals surface area contributed by atoms with Gasteiger partial charge in [-0.25, -0.2) is 13.6 Å². The third-order valence-corrected chi connectivity index (χ3v) is 5.51. The molecule has 2 unspecified atom stereocenters. The predicted octanol–water partition coefficient (Wildman–Crippen LogP) is 3.45. The second kappa shape index (κ2) is 7.11. The first kappa shape index (κ1) is 18.2. The summed E-state index contributed by atoms with van der Waals surface area (Å²) in [5.74, 6) is -2.17. The van der Waals surface area contributed by atoms with Crippen LogP contribution in [0.25, 0.3) is 6.08 Å². The molecule has 0 aromatic heterocycles. The van der Waals surface area contributed by atoms with Crippen molar-refractivity contribution in [2.45, 2.75) is 43.2 Å². The number of rotatable bonds is 1. The van der Waals surface area contributed by atoms with Crippen molar-refractivity contribution in [2.24, 2.45) is 0 Å². The van der Waals surface area contributed by atoms with E-state index in [1.165, 1.54) is 0 Å². The largest absolute Gasteiger partial charge is 0.481 e. The van der Waals surface area contributed by atoms with Gasteiger partial charge < -0.3 is 19.7 Å². The molecule has 0 bridgehead atoms. The molecule has 1 N–H and O–H groups in total. The van der Waals surface area contributed by atoms with Crippen molar-refractivity contribution in [1.29, 1.82) is 0 Å². The van der Waals surface area contributed by atoms with Crippen LogP contribution in [0.2, 0.25) is 0 Å². The number of alkyl halides is 2. The van der Waals surface area contributed by atoms with Gasteiger partial charge in [-0.1, -0.05) is 24.3 Å². The lowest BCUT2D eigenvalue weighted by molar-refractivity contribution is -0.0426. The topological polar surface area (TPSA) is 50.8 Å². The number of hydrogen-bond acceptors (Lipinski definition) is 3. The number of amides is 2. The summed E-state index contributed by atoms with van der Waals surface area (Å²) in [5, 5.41) is 2.54. The van der Waals surface area contributed by atoms with E-state index in [0.717, 1.165) is 24.2 Å². The first-order chi connectivity index (χ1) is 13.0. The van der Waals surface area contributed by atoms with Gasteiger partial charge in [-0.15, -0.1) is 0 Å². The number of likely N-dealkylation sites (tertiary alicyclic amines) is 1. The zero-order valence-electron chi connectivity index (χ0n) is 15.1. The monoisotopic (exact) mass is 378 g/mol. The van der Waals surface area contributed by atoms with Gasteiger partial charge in [0.05, 0.1) is 19.2 Å². The van der Waals surface area contributed by atoms with E-state index in [1.807, 2.05) is 36.4 Å². The molecule has 5 nitrogen and oxygen atoms in total. The van der Waals surface area contributed by atoms with Crippen molar-refractivity contribution in [3.05, 3.63) is 35.9 Å². The fourth-order valence-electron chi connectivity index (χ4n) is 3.96. The van der Waals surface area contributed by atoms with Crippen molar-refractivity contribution in [1.82, 2.24) is 10.2 Å². The number of carbonyl (C=O) groups is 1. The molecular formula is C20H24F2N2O3. The molecule has 7 heteroatoms. The highest BCUT2D eigenvalue weighted by atomic mass is 19.3. The minimum Gasteiger partial charge on any atom is -0.481 e. The van der Waals surface area contributed by atoms with Crippen LogP contribution in [0.1, 0.15) is 31.2 Å². The van der Waals surface area contributed by atoms with Crippen molar-refractivity contribution < 1.29 is 23.0 Å². The molecular weight excluding hydrogens is 354 g/mol. The van der Waals surface area contributed by atoms with Crippen LogP contribution in [-0.4, -0.2) is 54.8 Å². The van der Waals surface area contributed by atoms with E-state index in [0.29, 0.717) is 13.1 Å². The first-order valence-corrected chi connectivity index (χ1v) is 9.46. The lowest BCUT2D eigenvalue weighted by atomic mass is 9.89. The molecule has 27 heavy (non-hydrogen) atoms. The Hall–Kier alpha value is -2.15. The predicted molar refractivity (Wildman–Crippen MR) is 97.0 cm³/mol. The molecule has 1 aromatic carbocycles. The number of nitrogens with one attached hydrogen (secondary N) is 1. The maximum Gasteiger partial charge on any atom is 0.317 e. The van der Waals surface area contributed by atoms with E-state index in [1.54, 1.807) is 4.90 Å². The van der Waals surface area contributed by atoms with Crippen molar-refractivity contribution in [3.8, 4) is 5.75 Å². The van der Waals surface area contributed by atoms with E-state index >= 15 is 0 Å². The molecule has 1 spiro atoms. The van der Waals surface area contributed by atoms with Crippen LogP contribution in [0.3, 0.4) is 0 Å². The summed E-state index contributed by atoms with van der Waals surface area (Å²) >= 11 is 0. The number of urea groups is 1. The summed E-state index contributed by atoms with van der Waals surface area (Å²) in [5.41, 5.74) is 0.404. The quantitative estimate of drug-likeness (QED) is 0.814. The van der Waals surface area contributed by atoms with E-state index in [-0.39, 0.29) is 26.1 Å². The molecule has 3 aliphatic heterocycles. The van der Waals surface area contributed by atoms with Crippen LogP contribution in [0.4, 0.5) is 13.6 Å². The Labute approximate surface area is 157 Å². The number of hydrogen-bond donors (Lipinski definition) is 1. The summed E-state index contributed by atoms with van der Waals surface area (Å²) in [6, 6.07) is 6.08. The van der Waals surface area contributed by atoms with E-state index < -0.39 is 23.6 Å². The number of para-hydroxylation sites is 1.